The Bertz CT molecular complexity index is 1090. The molecule has 0 aromatic heterocycles. The lowest BCUT2D eigenvalue weighted by atomic mass is 9.87. The minimum atomic E-state index is -0.282. The van der Waals surface area contributed by atoms with Crippen LogP contribution in [0, 0.1) is 12.8 Å². The molecule has 0 radical (unpaired) electrons. The van der Waals surface area contributed by atoms with Gasteiger partial charge in [0.15, 0.2) is 0 Å². The Morgan fingerprint density at radius 2 is 1.74 bits per heavy atom. The fourth-order valence-electron chi connectivity index (χ4n) is 5.88. The van der Waals surface area contributed by atoms with E-state index in [0.29, 0.717) is 5.92 Å². The van der Waals surface area contributed by atoms with Gasteiger partial charge >= 0.3 is 0 Å². The second-order valence-corrected chi connectivity index (χ2v) is 11.6. The molecule has 5 heteroatoms. The number of aryl methyl sites for hydroxylation is 1. The third-order valence-electron chi connectivity index (χ3n) is 7.77. The van der Waals surface area contributed by atoms with Gasteiger partial charge in [0.05, 0.1) is 11.4 Å². The van der Waals surface area contributed by atoms with Crippen LogP contribution in [0.5, 0.6) is 0 Å². The quantitative estimate of drug-likeness (QED) is 0.477. The molecule has 2 aliphatic heterocycles. The molecule has 2 aromatic rings. The minimum absolute atomic E-state index is 0.0600. The lowest BCUT2D eigenvalue weighted by Gasteiger charge is -2.39. The van der Waals surface area contributed by atoms with E-state index in [1.54, 1.807) is 0 Å². The Morgan fingerprint density at radius 3 is 2.43 bits per heavy atom. The maximum atomic E-state index is 14.4. The van der Waals surface area contributed by atoms with Crippen LogP contribution in [0.4, 0.5) is 0 Å². The number of hydrogen-bond donors (Lipinski definition) is 0. The summed E-state index contributed by atoms with van der Waals surface area (Å²) < 4.78 is 0. The van der Waals surface area contributed by atoms with Crippen LogP contribution in [0.15, 0.2) is 65.8 Å². The van der Waals surface area contributed by atoms with Gasteiger partial charge in [-0.15, -0.1) is 11.8 Å². The molecule has 1 saturated heterocycles. The average Bonchev–Trinajstić information content (AvgIpc) is 3.53. The molecule has 35 heavy (non-hydrogen) atoms. The van der Waals surface area contributed by atoms with Gasteiger partial charge in [0, 0.05) is 24.1 Å². The minimum Gasteiger partial charge on any atom is -0.320 e. The number of carbonyl (C=O) groups is 1. The van der Waals surface area contributed by atoms with Crippen molar-refractivity contribution in [2.75, 3.05) is 19.8 Å². The third-order valence-corrected chi connectivity index (χ3v) is 9.23. The zero-order valence-corrected chi connectivity index (χ0v) is 22.0. The molecule has 2 heterocycles. The van der Waals surface area contributed by atoms with Gasteiger partial charge in [-0.25, -0.2) is 0 Å². The highest BCUT2D eigenvalue weighted by Gasteiger charge is 2.46. The van der Waals surface area contributed by atoms with E-state index in [4.69, 9.17) is 4.99 Å². The highest BCUT2D eigenvalue weighted by molar-refractivity contribution is 8.00. The summed E-state index contributed by atoms with van der Waals surface area (Å²) in [6.45, 7) is 2.12. The van der Waals surface area contributed by atoms with Gasteiger partial charge in [-0.2, -0.15) is 0 Å². The van der Waals surface area contributed by atoms with E-state index in [-0.39, 0.29) is 23.4 Å². The normalized spacial score (nSPS) is 23.9. The first kappa shape index (κ1) is 24.3. The van der Waals surface area contributed by atoms with Crippen LogP contribution in [-0.2, 0) is 4.79 Å². The lowest BCUT2D eigenvalue weighted by molar-refractivity contribution is -0.138. The van der Waals surface area contributed by atoms with Crippen molar-refractivity contribution >= 4 is 29.0 Å². The number of allylic oxidation sites excluding steroid dienone is 1. The van der Waals surface area contributed by atoms with Crippen LogP contribution in [0.2, 0.25) is 0 Å². The molecule has 0 bridgehead atoms. The van der Waals surface area contributed by atoms with Crippen LogP contribution in [0.25, 0.3) is 5.57 Å². The Hall–Kier alpha value is -2.37. The van der Waals surface area contributed by atoms with Crippen LogP contribution >= 0.6 is 11.8 Å². The molecule has 2 unspecified atom stereocenters. The van der Waals surface area contributed by atoms with E-state index < -0.39 is 0 Å². The second-order valence-electron chi connectivity index (χ2n) is 10.5. The Kier molecular flexibility index (Phi) is 7.45. The fraction of sp³-hybridized carbons (Fsp3) is 0.467. The van der Waals surface area contributed by atoms with Gasteiger partial charge in [-0.3, -0.25) is 14.7 Å². The van der Waals surface area contributed by atoms with Gasteiger partial charge in [0.1, 0.15) is 6.04 Å². The summed E-state index contributed by atoms with van der Waals surface area (Å²) in [5.74, 6) is 1.74. The van der Waals surface area contributed by atoms with Crippen molar-refractivity contribution in [2.24, 2.45) is 10.9 Å². The van der Waals surface area contributed by atoms with Crippen molar-refractivity contribution < 1.29 is 4.79 Å². The predicted octanol–water partition coefficient (Wildman–Crippen LogP) is 6.33. The molecular weight excluding hydrogens is 450 g/mol. The highest BCUT2D eigenvalue weighted by atomic mass is 32.2. The lowest BCUT2D eigenvalue weighted by Crippen LogP contribution is -2.51. The zero-order chi connectivity index (χ0) is 24.4. The topological polar surface area (TPSA) is 35.9 Å². The first-order valence-corrected chi connectivity index (χ1v) is 14.1. The van der Waals surface area contributed by atoms with Gasteiger partial charge < -0.3 is 4.90 Å². The molecule has 1 saturated carbocycles. The molecule has 3 aliphatic rings. The number of thioether (sulfide) groups is 1. The summed E-state index contributed by atoms with van der Waals surface area (Å²) >= 11 is 1.99. The fourth-order valence-corrected chi connectivity index (χ4v) is 7.57. The van der Waals surface area contributed by atoms with E-state index in [2.05, 4.69) is 53.1 Å². The van der Waals surface area contributed by atoms with Crippen LogP contribution in [0.1, 0.15) is 61.3 Å². The highest BCUT2D eigenvalue weighted by Crippen LogP contribution is 2.43. The van der Waals surface area contributed by atoms with E-state index in [1.807, 2.05) is 50.3 Å². The predicted molar refractivity (Wildman–Crippen MR) is 148 cm³/mol. The van der Waals surface area contributed by atoms with Crippen molar-refractivity contribution in [3.8, 4) is 0 Å². The summed E-state index contributed by atoms with van der Waals surface area (Å²) in [4.78, 5) is 23.6. The van der Waals surface area contributed by atoms with E-state index in [1.165, 1.54) is 48.8 Å². The van der Waals surface area contributed by atoms with Gasteiger partial charge in [-0.1, -0.05) is 79.4 Å². The summed E-state index contributed by atoms with van der Waals surface area (Å²) in [6, 6.07) is 18.7. The monoisotopic (exact) mass is 487 g/mol. The van der Waals surface area contributed by atoms with Crippen molar-refractivity contribution in [2.45, 2.75) is 62.9 Å². The third kappa shape index (κ3) is 5.12. The summed E-state index contributed by atoms with van der Waals surface area (Å²) in [5, 5.41) is 0.241. The Morgan fingerprint density at radius 1 is 1.03 bits per heavy atom. The number of rotatable bonds is 6. The Labute approximate surface area is 214 Å². The van der Waals surface area contributed by atoms with Crippen molar-refractivity contribution in [1.82, 2.24) is 9.80 Å². The van der Waals surface area contributed by atoms with E-state index in [0.717, 1.165) is 23.4 Å². The standard InChI is InChI=1S/C30H37N3OS/c1-21-14-16-22(17-15-21)25-18-26(31-19-25)27-20-35-30(24-12-8-5-9-13-24)33(27)29(34)28(32(2)3)23-10-6-4-7-11-23/h4,6-7,10-11,14-17,19,24,27-28,30H,5,8-9,12-13,18,20H2,1-3H3/t27-,28?,30?/m0/s1. The summed E-state index contributed by atoms with van der Waals surface area (Å²) in [5.41, 5.74) is 5.96. The van der Waals surface area contributed by atoms with Gasteiger partial charge in [-0.05, 0) is 56.5 Å². The van der Waals surface area contributed by atoms with E-state index >= 15 is 0 Å². The van der Waals surface area contributed by atoms with Crippen molar-refractivity contribution in [3.05, 3.63) is 77.5 Å². The molecule has 1 aliphatic carbocycles. The number of benzene rings is 2. The zero-order valence-electron chi connectivity index (χ0n) is 21.2. The molecule has 0 spiro atoms. The first-order valence-electron chi connectivity index (χ1n) is 13.0. The number of amides is 1. The molecule has 5 rings (SSSR count). The molecule has 2 fully saturated rings. The van der Waals surface area contributed by atoms with Crippen molar-refractivity contribution in [1.29, 1.82) is 0 Å². The van der Waals surface area contributed by atoms with Crippen molar-refractivity contribution in [3.63, 3.8) is 0 Å². The average molecular weight is 488 g/mol. The molecule has 3 atom stereocenters. The number of hydrogen-bond acceptors (Lipinski definition) is 4. The van der Waals surface area contributed by atoms with Crippen LogP contribution in [-0.4, -0.2) is 52.7 Å². The SMILES string of the molecule is Cc1ccc(C2=CN=C([C@@H]3CSC(C4CCCCC4)N3C(=O)C(c3ccccc3)N(C)C)C2)cc1. The maximum Gasteiger partial charge on any atom is 0.246 e. The van der Waals surface area contributed by atoms with E-state index in [9.17, 15) is 4.79 Å². The smallest absolute Gasteiger partial charge is 0.246 e. The number of nitrogens with zero attached hydrogens (tertiary/aromatic N) is 3. The number of carbonyl (C=O) groups excluding carboxylic acids is 1. The first-order chi connectivity index (χ1) is 17.0. The maximum absolute atomic E-state index is 14.4. The Balaban J connectivity index is 1.43. The summed E-state index contributed by atoms with van der Waals surface area (Å²) in [6.07, 6.45) is 9.20. The largest absolute Gasteiger partial charge is 0.320 e. The van der Waals surface area contributed by atoms with Crippen LogP contribution in [0.3, 0.4) is 0 Å². The molecule has 4 nitrogen and oxygen atoms in total. The van der Waals surface area contributed by atoms with Crippen LogP contribution < -0.4 is 0 Å². The molecule has 0 N–H and O–H groups in total. The molecule has 184 valence electrons. The molecule has 1 amide bonds. The molecule has 2 aromatic carbocycles. The number of likely N-dealkylation sites (N-methyl/N-ethyl adjacent to an activating group) is 1. The second kappa shape index (κ2) is 10.7. The number of aliphatic imine (C=N–C) groups is 1. The van der Waals surface area contributed by atoms with Gasteiger partial charge in [0.2, 0.25) is 5.91 Å². The summed E-state index contributed by atoms with van der Waals surface area (Å²) in [7, 11) is 4.04. The van der Waals surface area contributed by atoms with Gasteiger partial charge in [0.25, 0.3) is 0 Å². The molecular formula is C30H37N3OS.